The predicted molar refractivity (Wildman–Crippen MR) is 112 cm³/mol. The van der Waals surface area contributed by atoms with Gasteiger partial charge in [0.05, 0.1) is 7.11 Å². The van der Waals surface area contributed by atoms with Gasteiger partial charge in [0.1, 0.15) is 5.75 Å². The number of benzene rings is 1. The summed E-state index contributed by atoms with van der Waals surface area (Å²) in [5.74, 6) is 0.926. The number of ether oxygens (including phenoxy) is 1. The highest BCUT2D eigenvalue weighted by Gasteiger charge is 2.26. The second kappa shape index (κ2) is 9.29. The van der Waals surface area contributed by atoms with E-state index in [2.05, 4.69) is 39.2 Å². The Bertz CT molecular complexity index is 707. The molecule has 2 saturated heterocycles. The molecule has 0 radical (unpaired) electrons. The van der Waals surface area contributed by atoms with E-state index in [0.717, 1.165) is 31.4 Å². The number of halogens is 2. The Balaban J connectivity index is 0.00000121. The second-order valence-electron chi connectivity index (χ2n) is 7.10. The molecule has 7 heteroatoms. The largest absolute Gasteiger partial charge is 0.497 e. The minimum Gasteiger partial charge on any atom is -0.497 e. The molecule has 2 N–H and O–H groups in total. The fourth-order valence-corrected chi connectivity index (χ4v) is 4.11. The Morgan fingerprint density at radius 2 is 1.92 bits per heavy atom. The standard InChI is InChI=1S/C19H28N4O.2ClH/c1-14-17-11-16(24-2)3-4-18(17)21-19(14)13-22-7-9-23(10-8-22)15-5-6-20-12-15;;/h3-4,11,15,20-21H,5-10,12-13H2,1-2H3;2*1H. The molecule has 1 unspecified atom stereocenters. The first kappa shape index (κ1) is 21.3. The molecule has 146 valence electrons. The molecule has 1 atom stereocenters. The second-order valence-corrected chi connectivity index (χ2v) is 7.10. The third-order valence-corrected chi connectivity index (χ3v) is 5.71. The van der Waals surface area contributed by atoms with Crippen LogP contribution in [-0.4, -0.2) is 67.2 Å². The van der Waals surface area contributed by atoms with Gasteiger partial charge < -0.3 is 15.0 Å². The van der Waals surface area contributed by atoms with Gasteiger partial charge in [-0.2, -0.15) is 0 Å². The topological polar surface area (TPSA) is 43.5 Å². The summed E-state index contributed by atoms with van der Waals surface area (Å²) in [5.41, 5.74) is 3.90. The van der Waals surface area contributed by atoms with E-state index in [9.17, 15) is 0 Å². The van der Waals surface area contributed by atoms with Crippen LogP contribution in [0.3, 0.4) is 0 Å². The van der Waals surface area contributed by atoms with Gasteiger partial charge in [-0.05, 0) is 43.7 Å². The quantitative estimate of drug-likeness (QED) is 0.827. The van der Waals surface area contributed by atoms with E-state index in [1.54, 1.807) is 7.11 Å². The van der Waals surface area contributed by atoms with E-state index in [0.29, 0.717) is 0 Å². The van der Waals surface area contributed by atoms with Crippen molar-refractivity contribution in [3.05, 3.63) is 29.5 Å². The van der Waals surface area contributed by atoms with Gasteiger partial charge in [-0.1, -0.05) is 0 Å². The van der Waals surface area contributed by atoms with Crippen LogP contribution in [0.15, 0.2) is 18.2 Å². The third kappa shape index (κ3) is 4.29. The number of hydrogen-bond acceptors (Lipinski definition) is 4. The molecular formula is C19H30Cl2N4O. The summed E-state index contributed by atoms with van der Waals surface area (Å²) in [6.07, 6.45) is 1.31. The summed E-state index contributed by atoms with van der Waals surface area (Å²) in [4.78, 5) is 8.85. The maximum Gasteiger partial charge on any atom is 0.119 e. The number of aryl methyl sites for hydroxylation is 1. The lowest BCUT2D eigenvalue weighted by Crippen LogP contribution is -2.50. The molecular weight excluding hydrogens is 371 g/mol. The molecule has 1 aromatic carbocycles. The molecule has 0 bridgehead atoms. The lowest BCUT2D eigenvalue weighted by molar-refractivity contribution is 0.0974. The fraction of sp³-hybridized carbons (Fsp3) is 0.579. The van der Waals surface area contributed by atoms with Crippen molar-refractivity contribution in [3.63, 3.8) is 0 Å². The van der Waals surface area contributed by atoms with Crippen molar-refractivity contribution >= 4 is 35.7 Å². The van der Waals surface area contributed by atoms with Crippen molar-refractivity contribution in [2.24, 2.45) is 0 Å². The highest BCUT2D eigenvalue weighted by molar-refractivity contribution is 5.86. The van der Waals surface area contributed by atoms with Crippen LogP contribution in [0.2, 0.25) is 0 Å². The summed E-state index contributed by atoms with van der Waals surface area (Å²) in [7, 11) is 1.73. The molecule has 0 spiro atoms. The molecule has 4 rings (SSSR count). The molecule has 0 saturated carbocycles. The lowest BCUT2D eigenvalue weighted by atomic mass is 10.1. The smallest absolute Gasteiger partial charge is 0.119 e. The van der Waals surface area contributed by atoms with Crippen LogP contribution in [0.5, 0.6) is 5.75 Å². The molecule has 2 aliphatic rings. The lowest BCUT2D eigenvalue weighted by Gasteiger charge is -2.37. The number of fused-ring (bicyclic) bond motifs is 1. The number of nitrogens with zero attached hydrogens (tertiary/aromatic N) is 2. The van der Waals surface area contributed by atoms with Gasteiger partial charge >= 0.3 is 0 Å². The summed E-state index contributed by atoms with van der Waals surface area (Å²) in [6, 6.07) is 7.04. The first-order valence-electron chi connectivity index (χ1n) is 9.07. The molecule has 26 heavy (non-hydrogen) atoms. The van der Waals surface area contributed by atoms with Crippen LogP contribution >= 0.6 is 24.8 Å². The number of nitrogens with one attached hydrogen (secondary N) is 2. The molecule has 1 aromatic heterocycles. The summed E-state index contributed by atoms with van der Waals surface area (Å²) >= 11 is 0. The molecule has 2 aromatic rings. The number of rotatable bonds is 4. The number of aromatic amines is 1. The maximum atomic E-state index is 5.36. The van der Waals surface area contributed by atoms with Gasteiger partial charge in [0, 0.05) is 61.9 Å². The van der Waals surface area contributed by atoms with Gasteiger partial charge in [-0.15, -0.1) is 24.8 Å². The van der Waals surface area contributed by atoms with Gasteiger partial charge in [0.2, 0.25) is 0 Å². The number of methoxy groups -OCH3 is 1. The van der Waals surface area contributed by atoms with Crippen molar-refractivity contribution in [1.29, 1.82) is 0 Å². The van der Waals surface area contributed by atoms with Crippen LogP contribution in [0.1, 0.15) is 17.7 Å². The average Bonchev–Trinajstić information content (AvgIpc) is 3.25. The first-order valence-corrected chi connectivity index (χ1v) is 9.07. The summed E-state index contributed by atoms with van der Waals surface area (Å²) in [6.45, 7) is 10.3. The predicted octanol–water partition coefficient (Wildman–Crippen LogP) is 2.81. The molecule has 2 fully saturated rings. The molecule has 3 heterocycles. The number of piperazine rings is 1. The Morgan fingerprint density at radius 3 is 2.58 bits per heavy atom. The van der Waals surface area contributed by atoms with Crippen molar-refractivity contribution in [2.75, 3.05) is 46.4 Å². The zero-order valence-corrected chi connectivity index (χ0v) is 17.2. The Labute approximate surface area is 168 Å². The Kier molecular flexibility index (Phi) is 7.62. The van der Waals surface area contributed by atoms with Gasteiger partial charge in [0.25, 0.3) is 0 Å². The van der Waals surface area contributed by atoms with Crippen molar-refractivity contribution in [3.8, 4) is 5.75 Å². The number of aromatic nitrogens is 1. The zero-order chi connectivity index (χ0) is 16.5. The molecule has 0 amide bonds. The van der Waals surface area contributed by atoms with Crippen molar-refractivity contribution in [2.45, 2.75) is 25.9 Å². The summed E-state index contributed by atoms with van der Waals surface area (Å²) in [5, 5.41) is 4.76. The van der Waals surface area contributed by atoms with Crippen molar-refractivity contribution in [1.82, 2.24) is 20.1 Å². The van der Waals surface area contributed by atoms with E-state index in [4.69, 9.17) is 4.74 Å². The normalized spacial score (nSPS) is 21.4. The average molecular weight is 401 g/mol. The monoisotopic (exact) mass is 400 g/mol. The van der Waals surface area contributed by atoms with Crippen LogP contribution in [-0.2, 0) is 6.54 Å². The highest BCUT2D eigenvalue weighted by Crippen LogP contribution is 2.27. The van der Waals surface area contributed by atoms with E-state index >= 15 is 0 Å². The van der Waals surface area contributed by atoms with Crippen LogP contribution in [0.25, 0.3) is 10.9 Å². The first-order chi connectivity index (χ1) is 11.7. The molecule has 2 aliphatic heterocycles. The molecule has 5 nitrogen and oxygen atoms in total. The number of hydrogen-bond donors (Lipinski definition) is 2. The van der Waals surface area contributed by atoms with E-state index in [-0.39, 0.29) is 24.8 Å². The van der Waals surface area contributed by atoms with E-state index in [1.165, 1.54) is 54.8 Å². The Hall–Kier alpha value is -0.980. The van der Waals surface area contributed by atoms with Gasteiger partial charge in [0.15, 0.2) is 0 Å². The van der Waals surface area contributed by atoms with Gasteiger partial charge in [-0.3, -0.25) is 9.80 Å². The van der Waals surface area contributed by atoms with E-state index < -0.39 is 0 Å². The van der Waals surface area contributed by atoms with Crippen LogP contribution in [0.4, 0.5) is 0 Å². The Morgan fingerprint density at radius 1 is 1.15 bits per heavy atom. The highest BCUT2D eigenvalue weighted by atomic mass is 35.5. The minimum absolute atomic E-state index is 0. The molecule has 0 aliphatic carbocycles. The summed E-state index contributed by atoms with van der Waals surface area (Å²) < 4.78 is 5.36. The SMILES string of the molecule is COc1ccc2[nH]c(CN3CCN(C4CCNC4)CC3)c(C)c2c1.Cl.Cl. The van der Waals surface area contributed by atoms with Gasteiger partial charge in [-0.25, -0.2) is 0 Å². The van der Waals surface area contributed by atoms with Crippen LogP contribution < -0.4 is 10.1 Å². The van der Waals surface area contributed by atoms with E-state index in [1.807, 2.05) is 6.07 Å². The third-order valence-electron chi connectivity index (χ3n) is 5.71. The zero-order valence-electron chi connectivity index (χ0n) is 15.6. The minimum atomic E-state index is 0. The number of H-pyrrole nitrogens is 1. The van der Waals surface area contributed by atoms with Crippen molar-refractivity contribution < 1.29 is 4.74 Å². The maximum absolute atomic E-state index is 5.36. The van der Waals surface area contributed by atoms with Crippen LogP contribution in [0, 0.1) is 6.92 Å². The fourth-order valence-electron chi connectivity index (χ4n) is 4.11.